The second-order valence-electron chi connectivity index (χ2n) is 4.39. The fourth-order valence-electron chi connectivity index (χ4n) is 2.51. The minimum absolute atomic E-state index is 0.166. The van der Waals surface area contributed by atoms with E-state index in [1.54, 1.807) is 4.90 Å². The molecule has 2 aliphatic rings. The summed E-state index contributed by atoms with van der Waals surface area (Å²) in [6, 6.07) is -0.166. The second kappa shape index (κ2) is 4.64. The van der Waals surface area contributed by atoms with Gasteiger partial charge in [-0.3, -0.25) is 9.59 Å². The lowest BCUT2D eigenvalue weighted by molar-refractivity contribution is -0.140. The van der Waals surface area contributed by atoms with Crippen LogP contribution in [0.2, 0.25) is 0 Å². The van der Waals surface area contributed by atoms with E-state index in [0.29, 0.717) is 0 Å². The Hall–Kier alpha value is -1.06. The number of piperidine rings is 1. The first-order chi connectivity index (χ1) is 7.33. The van der Waals surface area contributed by atoms with Crippen molar-refractivity contribution < 1.29 is 9.59 Å². The van der Waals surface area contributed by atoms with Gasteiger partial charge in [-0.15, -0.1) is 0 Å². The highest BCUT2D eigenvalue weighted by molar-refractivity contribution is 5.84. The highest BCUT2D eigenvalue weighted by Gasteiger charge is 2.33. The molecule has 84 valence electrons. The van der Waals surface area contributed by atoms with Crippen LogP contribution in [0.5, 0.6) is 0 Å². The van der Waals surface area contributed by atoms with Gasteiger partial charge in [0.1, 0.15) is 6.04 Å². The van der Waals surface area contributed by atoms with Gasteiger partial charge in [-0.1, -0.05) is 0 Å². The maximum atomic E-state index is 12.1. The van der Waals surface area contributed by atoms with E-state index in [1.807, 2.05) is 4.90 Å². The fourth-order valence-corrected chi connectivity index (χ4v) is 2.51. The lowest BCUT2D eigenvalue weighted by Crippen LogP contribution is -2.47. The van der Waals surface area contributed by atoms with Crippen molar-refractivity contribution in [1.29, 1.82) is 0 Å². The van der Waals surface area contributed by atoms with Crippen LogP contribution < -0.4 is 0 Å². The summed E-state index contributed by atoms with van der Waals surface area (Å²) in [7, 11) is 0. The molecule has 0 N–H and O–H groups in total. The molecule has 2 rings (SSSR count). The van der Waals surface area contributed by atoms with Gasteiger partial charge in [-0.25, -0.2) is 0 Å². The van der Waals surface area contributed by atoms with Gasteiger partial charge in [0.15, 0.2) is 0 Å². The van der Waals surface area contributed by atoms with Crippen molar-refractivity contribution in [3.8, 4) is 0 Å². The van der Waals surface area contributed by atoms with E-state index >= 15 is 0 Å². The van der Waals surface area contributed by atoms with Gasteiger partial charge in [0.25, 0.3) is 0 Å². The van der Waals surface area contributed by atoms with Crippen LogP contribution in [-0.4, -0.2) is 47.8 Å². The quantitative estimate of drug-likeness (QED) is 0.627. The Morgan fingerprint density at radius 2 is 1.80 bits per heavy atom. The summed E-state index contributed by atoms with van der Waals surface area (Å²) in [4.78, 5) is 26.4. The molecule has 2 fully saturated rings. The molecule has 2 saturated heterocycles. The average molecular weight is 210 g/mol. The Kier molecular flexibility index (Phi) is 3.23. The molecule has 0 saturated carbocycles. The molecule has 0 spiro atoms. The summed E-state index contributed by atoms with van der Waals surface area (Å²) in [5, 5.41) is 0. The van der Waals surface area contributed by atoms with Crippen LogP contribution in [0.1, 0.15) is 32.1 Å². The predicted molar refractivity (Wildman–Crippen MR) is 56.2 cm³/mol. The van der Waals surface area contributed by atoms with Crippen LogP contribution in [-0.2, 0) is 9.59 Å². The van der Waals surface area contributed by atoms with Gasteiger partial charge in [0.2, 0.25) is 12.3 Å². The highest BCUT2D eigenvalue weighted by Crippen LogP contribution is 2.19. The van der Waals surface area contributed by atoms with Crippen LogP contribution in [0.4, 0.5) is 0 Å². The van der Waals surface area contributed by atoms with E-state index in [4.69, 9.17) is 0 Å². The summed E-state index contributed by atoms with van der Waals surface area (Å²) in [6.07, 6.45) is 6.07. The van der Waals surface area contributed by atoms with E-state index in [1.165, 1.54) is 6.42 Å². The van der Waals surface area contributed by atoms with Gasteiger partial charge < -0.3 is 9.80 Å². The molecule has 0 aromatic carbocycles. The molecule has 2 amide bonds. The number of hydrogen-bond donors (Lipinski definition) is 0. The number of hydrogen-bond acceptors (Lipinski definition) is 2. The Balaban J connectivity index is 1.96. The third kappa shape index (κ3) is 2.13. The van der Waals surface area contributed by atoms with Gasteiger partial charge in [-0.2, -0.15) is 0 Å². The number of rotatable bonds is 2. The van der Waals surface area contributed by atoms with Crippen LogP contribution in [0.25, 0.3) is 0 Å². The Morgan fingerprint density at radius 3 is 2.47 bits per heavy atom. The molecule has 4 heteroatoms. The van der Waals surface area contributed by atoms with E-state index in [-0.39, 0.29) is 11.9 Å². The molecule has 1 unspecified atom stereocenters. The van der Waals surface area contributed by atoms with Crippen molar-refractivity contribution in [1.82, 2.24) is 9.80 Å². The van der Waals surface area contributed by atoms with Crippen LogP contribution in [0.3, 0.4) is 0 Å². The standard InChI is InChI=1S/C11H18N2O2/c14-9-13-8-4-5-10(13)11(15)12-6-2-1-3-7-12/h9-10H,1-8H2. The SMILES string of the molecule is O=CN1CCCC1C(=O)N1CCCCC1. The van der Waals surface area contributed by atoms with Crippen LogP contribution >= 0.6 is 0 Å². The van der Waals surface area contributed by atoms with Crippen molar-refractivity contribution in [3.05, 3.63) is 0 Å². The lowest BCUT2D eigenvalue weighted by atomic mass is 10.1. The van der Waals surface area contributed by atoms with Crippen molar-refractivity contribution in [2.75, 3.05) is 19.6 Å². The summed E-state index contributed by atoms with van der Waals surface area (Å²) >= 11 is 0. The van der Waals surface area contributed by atoms with Crippen molar-refractivity contribution >= 4 is 12.3 Å². The molecule has 0 bridgehead atoms. The minimum Gasteiger partial charge on any atom is -0.341 e. The first-order valence-corrected chi connectivity index (χ1v) is 5.83. The van der Waals surface area contributed by atoms with E-state index in [9.17, 15) is 9.59 Å². The Morgan fingerprint density at radius 1 is 1.07 bits per heavy atom. The molecule has 15 heavy (non-hydrogen) atoms. The maximum absolute atomic E-state index is 12.1. The minimum atomic E-state index is -0.166. The third-order valence-electron chi connectivity index (χ3n) is 3.38. The second-order valence-corrected chi connectivity index (χ2v) is 4.39. The van der Waals surface area contributed by atoms with Gasteiger partial charge in [-0.05, 0) is 32.1 Å². The maximum Gasteiger partial charge on any atom is 0.245 e. The zero-order valence-electron chi connectivity index (χ0n) is 9.02. The fraction of sp³-hybridized carbons (Fsp3) is 0.818. The molecule has 0 aliphatic carbocycles. The molecule has 0 radical (unpaired) electrons. The molecule has 2 aliphatic heterocycles. The molecular formula is C11H18N2O2. The normalized spacial score (nSPS) is 26.8. The molecule has 0 aromatic heterocycles. The number of nitrogens with zero attached hydrogens (tertiary/aromatic N) is 2. The topological polar surface area (TPSA) is 40.6 Å². The molecular weight excluding hydrogens is 192 g/mol. The smallest absolute Gasteiger partial charge is 0.245 e. The number of amides is 2. The van der Waals surface area contributed by atoms with Crippen LogP contribution in [0.15, 0.2) is 0 Å². The van der Waals surface area contributed by atoms with Crippen molar-refractivity contribution in [2.45, 2.75) is 38.1 Å². The number of carbonyl (C=O) groups is 2. The Labute approximate surface area is 90.2 Å². The zero-order chi connectivity index (χ0) is 10.7. The summed E-state index contributed by atoms with van der Waals surface area (Å²) in [6.45, 7) is 2.50. The largest absolute Gasteiger partial charge is 0.341 e. The van der Waals surface area contributed by atoms with E-state index in [2.05, 4.69) is 0 Å². The Bertz CT molecular complexity index is 249. The highest BCUT2D eigenvalue weighted by atomic mass is 16.2. The number of carbonyl (C=O) groups excluding carboxylic acids is 2. The molecule has 4 nitrogen and oxygen atoms in total. The molecule has 2 heterocycles. The third-order valence-corrected chi connectivity index (χ3v) is 3.38. The van der Waals surface area contributed by atoms with Crippen molar-refractivity contribution in [3.63, 3.8) is 0 Å². The molecule has 1 atom stereocenters. The first-order valence-electron chi connectivity index (χ1n) is 5.83. The first kappa shape index (κ1) is 10.5. The van der Waals surface area contributed by atoms with Gasteiger partial charge in [0.05, 0.1) is 0 Å². The summed E-state index contributed by atoms with van der Waals surface area (Å²) in [5.41, 5.74) is 0. The summed E-state index contributed by atoms with van der Waals surface area (Å²) in [5.74, 6) is 0.166. The average Bonchev–Trinajstić information content (AvgIpc) is 2.77. The predicted octanol–water partition coefficient (Wildman–Crippen LogP) is 0.620. The van der Waals surface area contributed by atoms with Gasteiger partial charge in [0, 0.05) is 19.6 Å². The van der Waals surface area contributed by atoms with Crippen LogP contribution in [0, 0.1) is 0 Å². The molecule has 0 aromatic rings. The van der Waals surface area contributed by atoms with Crippen molar-refractivity contribution in [2.24, 2.45) is 0 Å². The zero-order valence-corrected chi connectivity index (χ0v) is 9.02. The number of likely N-dealkylation sites (tertiary alicyclic amines) is 2. The van der Waals surface area contributed by atoms with E-state index < -0.39 is 0 Å². The monoisotopic (exact) mass is 210 g/mol. The van der Waals surface area contributed by atoms with Gasteiger partial charge >= 0.3 is 0 Å². The lowest BCUT2D eigenvalue weighted by Gasteiger charge is -2.31. The van der Waals surface area contributed by atoms with E-state index in [0.717, 1.165) is 51.7 Å². The summed E-state index contributed by atoms with van der Waals surface area (Å²) < 4.78 is 0.